The second kappa shape index (κ2) is 6.09. The summed E-state index contributed by atoms with van der Waals surface area (Å²) in [6.07, 6.45) is 2.52. The largest absolute Gasteiger partial charge is 0.481 e. The molecule has 2 aliphatic rings. The first-order valence-electron chi connectivity index (χ1n) is 8.70. The highest BCUT2D eigenvalue weighted by atomic mass is 16.6. The van der Waals surface area contributed by atoms with E-state index in [0.29, 0.717) is 36.6 Å². The van der Waals surface area contributed by atoms with Crippen molar-refractivity contribution in [2.75, 3.05) is 18.0 Å². The minimum Gasteiger partial charge on any atom is -0.481 e. The number of anilines is 1. The Hall–Kier alpha value is -2.96. The van der Waals surface area contributed by atoms with Crippen LogP contribution >= 0.6 is 0 Å². The molecule has 1 aromatic carbocycles. The molecule has 1 aliphatic carbocycles. The van der Waals surface area contributed by atoms with Gasteiger partial charge in [0, 0.05) is 24.7 Å². The summed E-state index contributed by atoms with van der Waals surface area (Å²) < 4.78 is 0. The summed E-state index contributed by atoms with van der Waals surface area (Å²) >= 11 is 0. The molecule has 0 radical (unpaired) electrons. The Labute approximate surface area is 150 Å². The third-order valence-electron chi connectivity index (χ3n) is 5.72. The zero-order valence-electron chi connectivity index (χ0n) is 14.2. The molecule has 0 unspecified atom stereocenters. The smallest absolute Gasteiger partial charge is 0.311 e. The molecule has 2 fully saturated rings. The van der Waals surface area contributed by atoms with Gasteiger partial charge >= 0.3 is 5.97 Å². The molecule has 0 spiro atoms. The standard InChI is InChI=1S/C19H19N3O4/c23-18(24)19-10-4-7-14(19)11-21(12-19)16-9-8-15(22(25)26)17(20-16)13-5-2-1-3-6-13/h1-3,5-6,8-9,14H,4,7,10-12H2,(H,23,24)/t14-,19+/m0/s1. The van der Waals surface area contributed by atoms with Gasteiger partial charge in [0.15, 0.2) is 5.69 Å². The van der Waals surface area contributed by atoms with Crippen LogP contribution in [0.25, 0.3) is 11.3 Å². The van der Waals surface area contributed by atoms with Gasteiger partial charge in [0.05, 0.1) is 10.3 Å². The van der Waals surface area contributed by atoms with Gasteiger partial charge in [0.2, 0.25) is 0 Å². The van der Waals surface area contributed by atoms with E-state index in [-0.39, 0.29) is 11.6 Å². The van der Waals surface area contributed by atoms with Crippen LogP contribution in [0, 0.1) is 21.4 Å². The third-order valence-corrected chi connectivity index (χ3v) is 5.72. The van der Waals surface area contributed by atoms with Crippen LogP contribution in [0.5, 0.6) is 0 Å². The number of carbonyl (C=O) groups is 1. The van der Waals surface area contributed by atoms with E-state index in [9.17, 15) is 20.0 Å². The molecule has 0 bridgehead atoms. The highest BCUT2D eigenvalue weighted by Gasteiger charge is 2.55. The third kappa shape index (κ3) is 2.51. The molecule has 1 aromatic heterocycles. The van der Waals surface area contributed by atoms with Gasteiger partial charge in [0.25, 0.3) is 5.69 Å². The number of hydrogen-bond donors (Lipinski definition) is 1. The maximum atomic E-state index is 11.9. The number of fused-ring (bicyclic) bond motifs is 1. The fourth-order valence-electron chi connectivity index (χ4n) is 4.39. The maximum absolute atomic E-state index is 11.9. The molecular formula is C19H19N3O4. The Morgan fingerprint density at radius 2 is 2.04 bits per heavy atom. The van der Waals surface area contributed by atoms with E-state index in [1.54, 1.807) is 18.2 Å². The lowest BCUT2D eigenvalue weighted by Gasteiger charge is -2.23. The van der Waals surface area contributed by atoms with Gasteiger partial charge in [-0.1, -0.05) is 36.8 Å². The normalized spacial score (nSPS) is 24.5. The van der Waals surface area contributed by atoms with Gasteiger partial charge in [-0.3, -0.25) is 14.9 Å². The number of aliphatic carboxylic acids is 1. The zero-order chi connectivity index (χ0) is 18.3. The van der Waals surface area contributed by atoms with Crippen molar-refractivity contribution in [1.29, 1.82) is 0 Å². The van der Waals surface area contributed by atoms with E-state index in [1.807, 2.05) is 23.1 Å². The molecular weight excluding hydrogens is 334 g/mol. The van der Waals surface area contributed by atoms with Gasteiger partial charge in [-0.15, -0.1) is 0 Å². The monoisotopic (exact) mass is 353 g/mol. The molecule has 0 amide bonds. The number of rotatable bonds is 4. The van der Waals surface area contributed by atoms with Crippen molar-refractivity contribution in [1.82, 2.24) is 4.98 Å². The summed E-state index contributed by atoms with van der Waals surface area (Å²) in [6, 6.07) is 12.1. The summed E-state index contributed by atoms with van der Waals surface area (Å²) in [5, 5.41) is 21.2. The molecule has 7 nitrogen and oxygen atoms in total. The summed E-state index contributed by atoms with van der Waals surface area (Å²) in [7, 11) is 0. The molecule has 7 heteroatoms. The Balaban J connectivity index is 1.73. The minimum atomic E-state index is -0.743. The number of carboxylic acids is 1. The summed E-state index contributed by atoms with van der Waals surface area (Å²) in [4.78, 5) is 29.4. The predicted octanol–water partition coefficient (Wildman–Crippen LogP) is 3.35. The Morgan fingerprint density at radius 3 is 2.69 bits per heavy atom. The molecule has 1 saturated heterocycles. The molecule has 1 aliphatic heterocycles. The number of pyridine rings is 1. The summed E-state index contributed by atoms with van der Waals surface area (Å²) in [5.41, 5.74) is 0.228. The second-order valence-corrected chi connectivity index (χ2v) is 7.09. The molecule has 1 saturated carbocycles. The predicted molar refractivity (Wildman–Crippen MR) is 96.0 cm³/mol. The lowest BCUT2D eigenvalue weighted by atomic mass is 9.81. The van der Waals surface area contributed by atoms with E-state index in [4.69, 9.17) is 0 Å². The van der Waals surface area contributed by atoms with Gasteiger partial charge in [-0.2, -0.15) is 0 Å². The zero-order valence-corrected chi connectivity index (χ0v) is 14.2. The van der Waals surface area contributed by atoms with Crippen LogP contribution in [-0.4, -0.2) is 34.1 Å². The average molecular weight is 353 g/mol. The number of nitro groups is 1. The van der Waals surface area contributed by atoms with E-state index < -0.39 is 16.3 Å². The minimum absolute atomic E-state index is 0.0488. The van der Waals surface area contributed by atoms with Crippen molar-refractivity contribution in [2.45, 2.75) is 19.3 Å². The van der Waals surface area contributed by atoms with Crippen LogP contribution in [0.1, 0.15) is 19.3 Å². The van der Waals surface area contributed by atoms with E-state index in [2.05, 4.69) is 4.98 Å². The fourth-order valence-corrected chi connectivity index (χ4v) is 4.39. The first-order chi connectivity index (χ1) is 12.5. The summed E-state index contributed by atoms with van der Waals surface area (Å²) in [5.74, 6) is -0.0330. The molecule has 2 atom stereocenters. The Bertz CT molecular complexity index is 870. The first-order valence-corrected chi connectivity index (χ1v) is 8.70. The second-order valence-electron chi connectivity index (χ2n) is 7.09. The average Bonchev–Trinajstić information content (AvgIpc) is 3.20. The Morgan fingerprint density at radius 1 is 1.27 bits per heavy atom. The number of carboxylic acid groups (broad SMARTS) is 1. The quantitative estimate of drug-likeness (QED) is 0.669. The van der Waals surface area contributed by atoms with Crippen molar-refractivity contribution in [3.63, 3.8) is 0 Å². The van der Waals surface area contributed by atoms with E-state index in [0.717, 1.165) is 12.8 Å². The van der Waals surface area contributed by atoms with Crippen LogP contribution in [0.2, 0.25) is 0 Å². The SMILES string of the molecule is O=C(O)[C@@]12CCC[C@H]1CN(c1ccc([N+](=O)[O-])c(-c3ccccc3)n1)C2. The number of aromatic nitrogens is 1. The molecule has 134 valence electrons. The number of benzene rings is 1. The van der Waals surface area contributed by atoms with Crippen LogP contribution in [-0.2, 0) is 4.79 Å². The van der Waals surface area contributed by atoms with Crippen LogP contribution in [0.15, 0.2) is 42.5 Å². The van der Waals surface area contributed by atoms with Crippen molar-refractivity contribution >= 4 is 17.5 Å². The van der Waals surface area contributed by atoms with Gasteiger partial charge in [-0.25, -0.2) is 4.98 Å². The topological polar surface area (TPSA) is 96.6 Å². The lowest BCUT2D eigenvalue weighted by Crippen LogP contribution is -2.35. The molecule has 2 heterocycles. The Kier molecular flexibility index (Phi) is 3.86. The molecule has 4 rings (SSSR count). The van der Waals surface area contributed by atoms with Gasteiger partial charge in [0.1, 0.15) is 5.82 Å². The van der Waals surface area contributed by atoms with E-state index in [1.165, 1.54) is 6.07 Å². The van der Waals surface area contributed by atoms with Crippen LogP contribution in [0.3, 0.4) is 0 Å². The molecule has 2 aromatic rings. The van der Waals surface area contributed by atoms with Crippen molar-refractivity contribution in [3.8, 4) is 11.3 Å². The van der Waals surface area contributed by atoms with Crippen molar-refractivity contribution < 1.29 is 14.8 Å². The van der Waals surface area contributed by atoms with E-state index >= 15 is 0 Å². The first kappa shape index (κ1) is 16.5. The van der Waals surface area contributed by atoms with Crippen LogP contribution < -0.4 is 4.90 Å². The van der Waals surface area contributed by atoms with Crippen LogP contribution in [0.4, 0.5) is 11.5 Å². The lowest BCUT2D eigenvalue weighted by molar-refractivity contribution is -0.384. The van der Waals surface area contributed by atoms with Crippen molar-refractivity contribution in [2.24, 2.45) is 11.3 Å². The number of nitrogens with zero attached hydrogens (tertiary/aromatic N) is 3. The fraction of sp³-hybridized carbons (Fsp3) is 0.368. The highest BCUT2D eigenvalue weighted by Crippen LogP contribution is 2.49. The molecule has 1 N–H and O–H groups in total. The summed E-state index contributed by atoms with van der Waals surface area (Å²) in [6.45, 7) is 1.04. The van der Waals surface area contributed by atoms with Crippen molar-refractivity contribution in [3.05, 3.63) is 52.6 Å². The molecule has 26 heavy (non-hydrogen) atoms. The number of hydrogen-bond acceptors (Lipinski definition) is 5. The highest BCUT2D eigenvalue weighted by molar-refractivity contribution is 5.78. The van der Waals surface area contributed by atoms with Gasteiger partial charge < -0.3 is 10.0 Å². The van der Waals surface area contributed by atoms with Gasteiger partial charge in [-0.05, 0) is 24.8 Å². The maximum Gasteiger partial charge on any atom is 0.311 e.